The fourth-order valence-electron chi connectivity index (χ4n) is 0.963. The number of hydrogen-bond acceptors (Lipinski definition) is 3. The smallest absolute Gasteiger partial charge is 0.0990 e. The summed E-state index contributed by atoms with van der Waals surface area (Å²) in [5.41, 5.74) is 0.877. The van der Waals surface area contributed by atoms with Crippen LogP contribution in [0, 0.1) is 0 Å². The molecule has 0 radical (unpaired) electrons. The number of rotatable bonds is 5. The second-order valence-corrected chi connectivity index (χ2v) is 4.09. The van der Waals surface area contributed by atoms with E-state index >= 15 is 0 Å². The van der Waals surface area contributed by atoms with Gasteiger partial charge in [0, 0.05) is 17.6 Å². The van der Waals surface area contributed by atoms with Crippen LogP contribution < -0.4 is 0 Å². The van der Waals surface area contributed by atoms with Gasteiger partial charge in [-0.25, -0.2) is 0 Å². The first kappa shape index (κ1) is 10.5. The van der Waals surface area contributed by atoms with E-state index in [1.54, 1.807) is 18.0 Å². The molecule has 1 N–H and O–H groups in total. The van der Waals surface area contributed by atoms with Gasteiger partial charge >= 0.3 is 0 Å². The molecule has 1 aromatic rings. The van der Waals surface area contributed by atoms with E-state index in [0.29, 0.717) is 0 Å². The van der Waals surface area contributed by atoms with E-state index < -0.39 is 0 Å². The number of pyridine rings is 1. The van der Waals surface area contributed by atoms with E-state index in [1.165, 1.54) is 0 Å². The van der Waals surface area contributed by atoms with Crippen LogP contribution in [0.4, 0.5) is 0 Å². The number of aliphatic hydroxyl groups excluding tert-OH is 1. The maximum atomic E-state index is 9.28. The summed E-state index contributed by atoms with van der Waals surface area (Å²) < 4.78 is 0. The van der Waals surface area contributed by atoms with Crippen molar-refractivity contribution < 1.29 is 5.11 Å². The Kier molecular flexibility index (Phi) is 4.86. The third-order valence-electron chi connectivity index (χ3n) is 1.74. The van der Waals surface area contributed by atoms with Crippen LogP contribution >= 0.6 is 11.8 Å². The molecule has 0 aliphatic carbocycles. The largest absolute Gasteiger partial charge is 0.382 e. The van der Waals surface area contributed by atoms with Gasteiger partial charge in [-0.15, -0.1) is 11.8 Å². The Labute approximate surface area is 83.4 Å². The fourth-order valence-corrected chi connectivity index (χ4v) is 1.80. The van der Waals surface area contributed by atoms with Gasteiger partial charge in [0.2, 0.25) is 0 Å². The summed E-state index contributed by atoms with van der Waals surface area (Å²) in [7, 11) is 0. The summed E-state index contributed by atoms with van der Waals surface area (Å²) in [4.78, 5) is 4.21. The molecule has 3 heteroatoms. The molecule has 0 saturated heterocycles. The molecule has 0 aromatic carbocycles. The Morgan fingerprint density at radius 2 is 2.38 bits per heavy atom. The van der Waals surface area contributed by atoms with Gasteiger partial charge in [0.15, 0.2) is 0 Å². The van der Waals surface area contributed by atoms with E-state index in [9.17, 15) is 5.11 Å². The lowest BCUT2D eigenvalue weighted by Crippen LogP contribution is -2.01. The summed E-state index contributed by atoms with van der Waals surface area (Å²) in [6, 6.07) is 5.92. The minimum absolute atomic E-state index is 0.219. The maximum Gasteiger partial charge on any atom is 0.0990 e. The summed E-state index contributed by atoms with van der Waals surface area (Å²) >= 11 is 1.59. The molecule has 0 amide bonds. The highest BCUT2D eigenvalue weighted by atomic mass is 32.2. The second-order valence-electron chi connectivity index (χ2n) is 2.80. The van der Waals surface area contributed by atoms with Gasteiger partial charge in [-0.1, -0.05) is 13.0 Å². The Bertz CT molecular complexity index is 228. The Balaban J connectivity index is 2.20. The van der Waals surface area contributed by atoms with Crippen molar-refractivity contribution in [3.63, 3.8) is 0 Å². The minimum atomic E-state index is -0.219. The molecule has 0 aliphatic heterocycles. The monoisotopic (exact) mass is 197 g/mol. The van der Waals surface area contributed by atoms with Gasteiger partial charge in [0.25, 0.3) is 0 Å². The van der Waals surface area contributed by atoms with Crippen molar-refractivity contribution in [1.82, 2.24) is 4.98 Å². The Hall–Kier alpha value is -0.540. The topological polar surface area (TPSA) is 33.1 Å². The third-order valence-corrected chi connectivity index (χ3v) is 2.90. The first-order chi connectivity index (χ1) is 6.33. The highest BCUT2D eigenvalue weighted by Gasteiger charge is 2.00. The molecule has 1 atom stereocenters. The summed E-state index contributed by atoms with van der Waals surface area (Å²) in [6.07, 6.45) is 3.55. The number of nitrogens with zero attached hydrogens (tertiary/aromatic N) is 1. The standard InChI is InChI=1S/C10H15NOS/c1-2-10(12)13-8-6-9-5-3-4-7-11-9/h3-5,7,10,12H,2,6,8H2,1H3. The van der Waals surface area contributed by atoms with Gasteiger partial charge in [-0.05, 0) is 25.0 Å². The summed E-state index contributed by atoms with van der Waals surface area (Å²) in [5.74, 6) is 0.937. The van der Waals surface area contributed by atoms with Crippen molar-refractivity contribution in [2.45, 2.75) is 25.2 Å². The highest BCUT2D eigenvalue weighted by Crippen LogP contribution is 2.12. The molecule has 1 rings (SSSR count). The average molecular weight is 197 g/mol. The molecular weight excluding hydrogens is 182 g/mol. The molecule has 72 valence electrons. The lowest BCUT2D eigenvalue weighted by Gasteiger charge is -2.06. The number of thioether (sulfide) groups is 1. The van der Waals surface area contributed by atoms with Crippen LogP contribution in [0.25, 0.3) is 0 Å². The second kappa shape index (κ2) is 6.00. The van der Waals surface area contributed by atoms with Crippen molar-refractivity contribution >= 4 is 11.8 Å². The zero-order chi connectivity index (χ0) is 9.52. The zero-order valence-electron chi connectivity index (χ0n) is 7.81. The van der Waals surface area contributed by atoms with Crippen molar-refractivity contribution in [2.75, 3.05) is 5.75 Å². The van der Waals surface area contributed by atoms with Crippen LogP contribution in [0.5, 0.6) is 0 Å². The lowest BCUT2D eigenvalue weighted by molar-refractivity contribution is 0.259. The summed E-state index contributed by atoms with van der Waals surface area (Å²) in [6.45, 7) is 1.98. The molecule has 0 bridgehead atoms. The van der Waals surface area contributed by atoms with E-state index in [4.69, 9.17) is 0 Å². The normalized spacial score (nSPS) is 12.8. The van der Waals surface area contributed by atoms with Gasteiger partial charge in [0.1, 0.15) is 0 Å². The lowest BCUT2D eigenvalue weighted by atomic mass is 10.3. The number of hydrogen-bond donors (Lipinski definition) is 1. The van der Waals surface area contributed by atoms with Crippen LogP contribution in [0.3, 0.4) is 0 Å². The van der Waals surface area contributed by atoms with Gasteiger partial charge in [-0.3, -0.25) is 4.98 Å². The molecule has 0 saturated carbocycles. The van der Waals surface area contributed by atoms with Crippen LogP contribution in [0.15, 0.2) is 24.4 Å². The van der Waals surface area contributed by atoms with Crippen molar-refractivity contribution in [2.24, 2.45) is 0 Å². The van der Waals surface area contributed by atoms with E-state index in [2.05, 4.69) is 4.98 Å². The number of aliphatic hydroxyl groups is 1. The van der Waals surface area contributed by atoms with Crippen LogP contribution in [0.1, 0.15) is 19.0 Å². The molecule has 1 heterocycles. The average Bonchev–Trinajstić information content (AvgIpc) is 2.19. The molecule has 2 nitrogen and oxygen atoms in total. The fraction of sp³-hybridized carbons (Fsp3) is 0.500. The minimum Gasteiger partial charge on any atom is -0.382 e. The van der Waals surface area contributed by atoms with Gasteiger partial charge in [-0.2, -0.15) is 0 Å². The first-order valence-corrected chi connectivity index (χ1v) is 5.57. The summed E-state index contributed by atoms with van der Waals surface area (Å²) in [5, 5.41) is 9.28. The Morgan fingerprint density at radius 3 is 3.00 bits per heavy atom. The molecule has 1 aromatic heterocycles. The molecule has 0 aliphatic rings. The van der Waals surface area contributed by atoms with Crippen molar-refractivity contribution in [3.8, 4) is 0 Å². The zero-order valence-corrected chi connectivity index (χ0v) is 8.63. The molecule has 0 spiro atoms. The van der Waals surface area contributed by atoms with Gasteiger partial charge < -0.3 is 5.11 Å². The quantitative estimate of drug-likeness (QED) is 0.734. The van der Waals surface area contributed by atoms with E-state index in [0.717, 1.165) is 24.3 Å². The van der Waals surface area contributed by atoms with Crippen molar-refractivity contribution in [1.29, 1.82) is 0 Å². The first-order valence-electron chi connectivity index (χ1n) is 4.52. The third kappa shape index (κ3) is 4.29. The van der Waals surface area contributed by atoms with E-state index in [-0.39, 0.29) is 5.44 Å². The predicted octanol–water partition coefficient (Wildman–Crippen LogP) is 2.09. The Morgan fingerprint density at radius 1 is 1.54 bits per heavy atom. The predicted molar refractivity (Wildman–Crippen MR) is 56.7 cm³/mol. The molecule has 0 fully saturated rings. The van der Waals surface area contributed by atoms with Crippen LogP contribution in [0.2, 0.25) is 0 Å². The van der Waals surface area contributed by atoms with Gasteiger partial charge in [0.05, 0.1) is 5.44 Å². The SMILES string of the molecule is CCC(O)SCCc1ccccn1. The van der Waals surface area contributed by atoms with Crippen LogP contribution in [-0.2, 0) is 6.42 Å². The van der Waals surface area contributed by atoms with Crippen LogP contribution in [-0.4, -0.2) is 21.3 Å². The van der Waals surface area contributed by atoms with E-state index in [1.807, 2.05) is 25.1 Å². The molecule has 1 unspecified atom stereocenters. The number of aromatic nitrogens is 1. The molecular formula is C10H15NOS. The maximum absolute atomic E-state index is 9.28. The molecule has 13 heavy (non-hydrogen) atoms. The van der Waals surface area contributed by atoms with Crippen molar-refractivity contribution in [3.05, 3.63) is 30.1 Å². The number of aryl methyl sites for hydroxylation is 1. The highest BCUT2D eigenvalue weighted by molar-refractivity contribution is 7.99.